The van der Waals surface area contributed by atoms with E-state index >= 15 is 0 Å². The molecule has 4 nitrogen and oxygen atoms in total. The first-order valence-electron chi connectivity index (χ1n) is 15.1. The molecule has 0 amide bonds. The Morgan fingerprint density at radius 1 is 0.444 bits per heavy atom. The van der Waals surface area contributed by atoms with E-state index in [9.17, 15) is 5.11 Å². The number of rotatable bonds is 5. The van der Waals surface area contributed by atoms with Crippen LogP contribution in [-0.4, -0.2) is 16.8 Å². The fourth-order valence-corrected chi connectivity index (χ4v) is 6.19. The number of phenols is 1. The molecule has 0 aromatic heterocycles. The van der Waals surface area contributed by atoms with Crippen LogP contribution in [0.15, 0.2) is 168 Å². The molecular weight excluding hydrogens is 550 g/mol. The second-order valence-corrected chi connectivity index (χ2v) is 11.3. The molecule has 0 bridgehead atoms. The number of hydrogen-bond donors (Lipinski definition) is 2. The van der Waals surface area contributed by atoms with Crippen molar-refractivity contribution in [3.05, 3.63) is 174 Å². The molecule has 0 saturated heterocycles. The molecule has 0 fully saturated rings. The first kappa shape index (κ1) is 26.6. The molecule has 1 aliphatic heterocycles. The first-order chi connectivity index (χ1) is 22.2. The maximum Gasteiger partial charge on any atom is 0.170 e. The van der Waals surface area contributed by atoms with Crippen LogP contribution in [0.5, 0.6) is 5.75 Å². The molecule has 1 unspecified atom stereocenters. The van der Waals surface area contributed by atoms with Gasteiger partial charge in [-0.3, -0.25) is 0 Å². The Kier molecular flexibility index (Phi) is 6.65. The van der Waals surface area contributed by atoms with Gasteiger partial charge in [-0.15, -0.1) is 0 Å². The summed E-state index contributed by atoms with van der Waals surface area (Å²) in [6, 6.07) is 53.8. The normalized spacial score (nSPS) is 14.5. The van der Waals surface area contributed by atoms with Crippen molar-refractivity contribution in [3.8, 4) is 28.0 Å². The van der Waals surface area contributed by atoms with Crippen molar-refractivity contribution in [2.45, 2.75) is 6.17 Å². The number of nitrogens with zero attached hydrogens (tertiary/aromatic N) is 2. The van der Waals surface area contributed by atoms with Crippen LogP contribution in [0, 0.1) is 0 Å². The van der Waals surface area contributed by atoms with E-state index in [-0.39, 0.29) is 5.75 Å². The van der Waals surface area contributed by atoms with Gasteiger partial charge in [0.25, 0.3) is 0 Å². The molecule has 7 aromatic rings. The third kappa shape index (κ3) is 5.13. The van der Waals surface area contributed by atoms with E-state index < -0.39 is 6.17 Å². The summed E-state index contributed by atoms with van der Waals surface area (Å²) < 4.78 is 0. The van der Waals surface area contributed by atoms with Gasteiger partial charge in [-0.05, 0) is 68.1 Å². The molecular formula is C41H29N3O. The lowest BCUT2D eigenvalue weighted by molar-refractivity contribution is 0.475. The van der Waals surface area contributed by atoms with E-state index in [4.69, 9.17) is 9.98 Å². The fourth-order valence-electron chi connectivity index (χ4n) is 6.19. The minimum atomic E-state index is -0.418. The number of nitrogens with one attached hydrogen (secondary N) is 1. The van der Waals surface area contributed by atoms with Crippen molar-refractivity contribution < 1.29 is 5.11 Å². The van der Waals surface area contributed by atoms with Gasteiger partial charge in [0.15, 0.2) is 6.17 Å². The van der Waals surface area contributed by atoms with E-state index in [1.165, 1.54) is 10.8 Å². The summed E-state index contributed by atoms with van der Waals surface area (Å²) in [5.74, 6) is 1.83. The maximum atomic E-state index is 10.0. The van der Waals surface area contributed by atoms with Crippen molar-refractivity contribution in [2.75, 3.05) is 0 Å². The molecule has 0 saturated carbocycles. The SMILES string of the molecule is Oc1cccc(-c2cccc(-c3cccc(C4=NC(c5cccc6ccccc56)N=C(c5cccc6ccccc56)N4)c3)c2)c1. The van der Waals surface area contributed by atoms with Gasteiger partial charge in [0.1, 0.15) is 17.4 Å². The van der Waals surface area contributed by atoms with E-state index in [2.05, 4.69) is 139 Å². The van der Waals surface area contributed by atoms with E-state index in [1.807, 2.05) is 12.1 Å². The molecule has 45 heavy (non-hydrogen) atoms. The van der Waals surface area contributed by atoms with Crippen molar-refractivity contribution in [1.82, 2.24) is 5.32 Å². The summed E-state index contributed by atoms with van der Waals surface area (Å²) in [6.07, 6.45) is -0.418. The first-order valence-corrected chi connectivity index (χ1v) is 15.1. The zero-order chi connectivity index (χ0) is 30.2. The Hall–Kier alpha value is -6.00. The Morgan fingerprint density at radius 3 is 1.69 bits per heavy atom. The number of hydrogen-bond acceptors (Lipinski definition) is 4. The second kappa shape index (κ2) is 11.3. The van der Waals surface area contributed by atoms with Crippen LogP contribution < -0.4 is 5.32 Å². The van der Waals surface area contributed by atoms with Gasteiger partial charge in [-0.2, -0.15) is 0 Å². The summed E-state index contributed by atoms with van der Waals surface area (Å²) in [6.45, 7) is 0. The second-order valence-electron chi connectivity index (χ2n) is 11.3. The number of fused-ring (bicyclic) bond motifs is 2. The highest BCUT2D eigenvalue weighted by Gasteiger charge is 2.23. The summed E-state index contributed by atoms with van der Waals surface area (Å²) >= 11 is 0. The largest absolute Gasteiger partial charge is 0.508 e. The molecule has 214 valence electrons. The zero-order valence-corrected chi connectivity index (χ0v) is 24.4. The van der Waals surface area contributed by atoms with Crippen LogP contribution in [0.4, 0.5) is 0 Å². The van der Waals surface area contributed by atoms with Crippen LogP contribution in [0.2, 0.25) is 0 Å². The fraction of sp³-hybridized carbons (Fsp3) is 0.0244. The van der Waals surface area contributed by atoms with E-state index in [0.29, 0.717) is 0 Å². The van der Waals surface area contributed by atoms with Crippen LogP contribution in [0.1, 0.15) is 22.9 Å². The van der Waals surface area contributed by atoms with E-state index in [0.717, 1.165) is 61.4 Å². The average molecular weight is 580 g/mol. The van der Waals surface area contributed by atoms with Crippen LogP contribution in [-0.2, 0) is 0 Å². The number of aromatic hydroxyl groups is 1. The maximum absolute atomic E-state index is 10.0. The summed E-state index contributed by atoms with van der Waals surface area (Å²) in [5.41, 5.74) is 7.27. The van der Waals surface area contributed by atoms with Crippen molar-refractivity contribution >= 4 is 33.2 Å². The van der Waals surface area contributed by atoms with Gasteiger partial charge in [0, 0.05) is 16.7 Å². The van der Waals surface area contributed by atoms with Gasteiger partial charge < -0.3 is 10.4 Å². The average Bonchev–Trinajstić information content (AvgIpc) is 3.11. The highest BCUT2D eigenvalue weighted by atomic mass is 16.3. The lowest BCUT2D eigenvalue weighted by Crippen LogP contribution is -2.36. The molecule has 1 heterocycles. The van der Waals surface area contributed by atoms with Crippen LogP contribution in [0.25, 0.3) is 43.8 Å². The predicted octanol–water partition coefficient (Wildman–Crippen LogP) is 9.53. The van der Waals surface area contributed by atoms with Gasteiger partial charge in [0.05, 0.1) is 0 Å². The third-order valence-corrected chi connectivity index (χ3v) is 8.40. The Bertz CT molecular complexity index is 2270. The zero-order valence-electron chi connectivity index (χ0n) is 24.4. The molecule has 1 aliphatic rings. The standard InChI is InChI=1S/C41H29N3O/c45-34-19-7-17-32(26-34)30-15-5-14-29(24-30)31-16-6-18-33(25-31)39-42-40(37-22-8-12-27-10-1-3-20-35(27)37)44-41(43-39)38-23-9-13-28-11-2-4-21-36(28)38/h1-26,40,45H,(H,42,43,44). The summed E-state index contributed by atoms with van der Waals surface area (Å²) in [7, 11) is 0. The monoisotopic (exact) mass is 579 g/mol. The number of amidine groups is 2. The quantitative estimate of drug-likeness (QED) is 0.213. The predicted molar refractivity (Wildman–Crippen MR) is 186 cm³/mol. The van der Waals surface area contributed by atoms with Crippen LogP contribution in [0.3, 0.4) is 0 Å². The third-order valence-electron chi connectivity index (χ3n) is 8.40. The smallest absolute Gasteiger partial charge is 0.170 e. The van der Waals surface area contributed by atoms with Gasteiger partial charge in [-0.1, -0.05) is 133 Å². The van der Waals surface area contributed by atoms with Crippen molar-refractivity contribution in [3.63, 3.8) is 0 Å². The Labute approximate surface area is 261 Å². The molecule has 7 aromatic carbocycles. The highest BCUT2D eigenvalue weighted by Crippen LogP contribution is 2.33. The van der Waals surface area contributed by atoms with Gasteiger partial charge in [0.2, 0.25) is 0 Å². The topological polar surface area (TPSA) is 57.0 Å². The van der Waals surface area contributed by atoms with Gasteiger partial charge in [-0.25, -0.2) is 9.98 Å². The molecule has 0 radical (unpaired) electrons. The lowest BCUT2D eigenvalue weighted by atomic mass is 9.97. The number of aliphatic imine (C=N–C) groups is 2. The highest BCUT2D eigenvalue weighted by molar-refractivity contribution is 6.20. The van der Waals surface area contributed by atoms with E-state index in [1.54, 1.807) is 12.1 Å². The molecule has 2 N–H and O–H groups in total. The Balaban J connectivity index is 1.24. The minimum absolute atomic E-state index is 0.255. The van der Waals surface area contributed by atoms with Crippen LogP contribution >= 0.6 is 0 Å². The van der Waals surface area contributed by atoms with Gasteiger partial charge >= 0.3 is 0 Å². The Morgan fingerprint density at radius 2 is 0.956 bits per heavy atom. The lowest BCUT2D eigenvalue weighted by Gasteiger charge is -2.24. The van der Waals surface area contributed by atoms with Crippen molar-refractivity contribution in [2.24, 2.45) is 9.98 Å². The molecule has 0 spiro atoms. The summed E-state index contributed by atoms with van der Waals surface area (Å²) in [5, 5.41) is 18.3. The number of phenolic OH excluding ortho intramolecular Hbond substituents is 1. The minimum Gasteiger partial charge on any atom is -0.508 e. The number of benzene rings is 7. The summed E-state index contributed by atoms with van der Waals surface area (Å²) in [4.78, 5) is 10.5. The molecule has 8 rings (SSSR count). The van der Waals surface area contributed by atoms with Crippen molar-refractivity contribution in [1.29, 1.82) is 0 Å². The molecule has 0 aliphatic carbocycles. The molecule has 4 heteroatoms. The molecule has 1 atom stereocenters.